The van der Waals surface area contributed by atoms with E-state index in [0.717, 1.165) is 10.5 Å². The van der Waals surface area contributed by atoms with E-state index in [1.807, 2.05) is 32.2 Å². The zero-order chi connectivity index (χ0) is 19.1. The first-order valence-corrected chi connectivity index (χ1v) is 8.32. The number of benzene rings is 2. The van der Waals surface area contributed by atoms with Crippen molar-refractivity contribution in [2.75, 3.05) is 26.6 Å². The lowest BCUT2D eigenvalue weighted by Gasteiger charge is -2.21. The first-order chi connectivity index (χ1) is 12.5. The third-order valence-corrected chi connectivity index (χ3v) is 4.34. The fourth-order valence-corrected chi connectivity index (χ4v) is 2.57. The largest absolute Gasteiger partial charge is 0.493 e. The van der Waals surface area contributed by atoms with Gasteiger partial charge in [0.1, 0.15) is 6.54 Å². The highest BCUT2D eigenvalue weighted by molar-refractivity contribution is 5.93. The normalized spacial score (nSPS) is 12.6. The summed E-state index contributed by atoms with van der Waals surface area (Å²) >= 11 is 0. The van der Waals surface area contributed by atoms with Gasteiger partial charge in [-0.15, -0.1) is 0 Å². The highest BCUT2D eigenvalue weighted by Crippen LogP contribution is 2.27. The molecule has 1 amide bonds. The molecule has 0 spiro atoms. The van der Waals surface area contributed by atoms with Crippen LogP contribution < -0.4 is 19.7 Å². The van der Waals surface area contributed by atoms with Gasteiger partial charge in [-0.05, 0) is 49.4 Å². The van der Waals surface area contributed by atoms with Crippen LogP contribution in [0.5, 0.6) is 11.5 Å². The van der Waals surface area contributed by atoms with Gasteiger partial charge < -0.3 is 19.7 Å². The van der Waals surface area contributed by atoms with Crippen molar-refractivity contribution in [3.63, 3.8) is 0 Å². The smallest absolute Gasteiger partial charge is 0.282 e. The van der Waals surface area contributed by atoms with Crippen molar-refractivity contribution in [3.8, 4) is 17.6 Å². The van der Waals surface area contributed by atoms with Gasteiger partial charge in [-0.2, -0.15) is 5.26 Å². The summed E-state index contributed by atoms with van der Waals surface area (Å²) < 4.78 is 10.6. The summed E-state index contributed by atoms with van der Waals surface area (Å²) in [6, 6.07) is 14.4. The monoisotopic (exact) mass is 354 g/mol. The molecule has 0 radical (unpaired) electrons. The SMILES string of the molecule is COc1ccc(C[NH+](C)[C@H](C)C(=O)Nc2ccc(C#N)cc2)cc1OC. The molecule has 2 aromatic carbocycles. The Bertz CT molecular complexity index is 797. The molecule has 136 valence electrons. The molecule has 2 atom stereocenters. The molecule has 26 heavy (non-hydrogen) atoms. The lowest BCUT2D eigenvalue weighted by molar-refractivity contribution is -0.907. The van der Waals surface area contributed by atoms with Crippen molar-refractivity contribution < 1.29 is 19.2 Å². The molecule has 0 heterocycles. The molecule has 0 bridgehead atoms. The van der Waals surface area contributed by atoms with Gasteiger partial charge in [0.15, 0.2) is 17.5 Å². The van der Waals surface area contributed by atoms with Crippen LogP contribution >= 0.6 is 0 Å². The summed E-state index contributed by atoms with van der Waals surface area (Å²) in [6.07, 6.45) is 0. The van der Waals surface area contributed by atoms with Gasteiger partial charge in [0.25, 0.3) is 5.91 Å². The number of anilines is 1. The number of hydrogen-bond donors (Lipinski definition) is 2. The highest BCUT2D eigenvalue weighted by atomic mass is 16.5. The number of nitrogens with zero attached hydrogens (tertiary/aromatic N) is 1. The summed E-state index contributed by atoms with van der Waals surface area (Å²) in [5.74, 6) is 1.28. The quantitative estimate of drug-likeness (QED) is 0.792. The molecule has 0 aliphatic heterocycles. The van der Waals surface area contributed by atoms with Crippen molar-refractivity contribution in [2.45, 2.75) is 19.5 Å². The van der Waals surface area contributed by atoms with Crippen LogP contribution in [0.25, 0.3) is 0 Å². The third-order valence-electron chi connectivity index (χ3n) is 4.34. The number of likely N-dealkylation sites (N-methyl/N-ethyl adjacent to an activating group) is 1. The second-order valence-corrected chi connectivity index (χ2v) is 6.11. The molecular weight excluding hydrogens is 330 g/mol. The number of ether oxygens (including phenoxy) is 2. The van der Waals surface area contributed by atoms with Gasteiger partial charge in [-0.3, -0.25) is 4.79 Å². The molecule has 0 aliphatic carbocycles. The van der Waals surface area contributed by atoms with E-state index in [0.29, 0.717) is 29.3 Å². The van der Waals surface area contributed by atoms with E-state index in [1.54, 1.807) is 38.5 Å². The molecule has 0 aromatic heterocycles. The summed E-state index contributed by atoms with van der Waals surface area (Å²) in [6.45, 7) is 2.55. The molecule has 6 heteroatoms. The molecule has 2 N–H and O–H groups in total. The molecule has 2 aromatic rings. The van der Waals surface area contributed by atoms with Gasteiger partial charge in [0.2, 0.25) is 0 Å². The fourth-order valence-electron chi connectivity index (χ4n) is 2.57. The molecule has 2 rings (SSSR count). The maximum atomic E-state index is 12.5. The molecule has 6 nitrogen and oxygen atoms in total. The van der Waals surface area contributed by atoms with Crippen LogP contribution in [0.15, 0.2) is 42.5 Å². The minimum atomic E-state index is -0.251. The number of nitrogens with one attached hydrogen (secondary N) is 2. The zero-order valence-electron chi connectivity index (χ0n) is 15.5. The van der Waals surface area contributed by atoms with E-state index in [9.17, 15) is 4.79 Å². The Balaban J connectivity index is 2.00. The van der Waals surface area contributed by atoms with Gasteiger partial charge in [0, 0.05) is 11.3 Å². The average Bonchev–Trinajstić information content (AvgIpc) is 2.67. The number of methoxy groups -OCH3 is 2. The van der Waals surface area contributed by atoms with Gasteiger partial charge in [-0.25, -0.2) is 0 Å². The predicted octanol–water partition coefficient (Wildman–Crippen LogP) is 1.62. The van der Waals surface area contributed by atoms with Crippen molar-refractivity contribution >= 4 is 11.6 Å². The Labute approximate surface area is 153 Å². The number of carbonyl (C=O) groups excluding carboxylic acids is 1. The molecule has 0 saturated carbocycles. The number of nitriles is 1. The van der Waals surface area contributed by atoms with E-state index in [1.165, 1.54) is 0 Å². The first kappa shape index (κ1) is 19.3. The van der Waals surface area contributed by atoms with E-state index in [2.05, 4.69) is 11.4 Å². The Kier molecular flexibility index (Phi) is 6.59. The van der Waals surface area contributed by atoms with Crippen LogP contribution in [-0.2, 0) is 11.3 Å². The van der Waals surface area contributed by atoms with E-state index in [4.69, 9.17) is 14.7 Å². The predicted molar refractivity (Wildman–Crippen MR) is 99.4 cm³/mol. The Morgan fingerprint density at radius 2 is 1.81 bits per heavy atom. The van der Waals surface area contributed by atoms with Crippen molar-refractivity contribution in [2.24, 2.45) is 0 Å². The van der Waals surface area contributed by atoms with E-state index >= 15 is 0 Å². The van der Waals surface area contributed by atoms with Crippen LogP contribution in [0.4, 0.5) is 5.69 Å². The van der Waals surface area contributed by atoms with Crippen molar-refractivity contribution in [1.29, 1.82) is 5.26 Å². The van der Waals surface area contributed by atoms with Crippen molar-refractivity contribution in [3.05, 3.63) is 53.6 Å². The van der Waals surface area contributed by atoms with Gasteiger partial charge >= 0.3 is 0 Å². The van der Waals surface area contributed by atoms with Crippen LogP contribution in [0.1, 0.15) is 18.1 Å². The summed E-state index contributed by atoms with van der Waals surface area (Å²) in [7, 11) is 5.18. The zero-order valence-corrected chi connectivity index (χ0v) is 15.5. The minimum Gasteiger partial charge on any atom is -0.493 e. The average molecular weight is 354 g/mol. The first-order valence-electron chi connectivity index (χ1n) is 8.32. The topological polar surface area (TPSA) is 75.8 Å². The Morgan fingerprint density at radius 1 is 1.15 bits per heavy atom. The summed E-state index contributed by atoms with van der Waals surface area (Å²) in [5, 5.41) is 11.7. The number of hydrogen-bond acceptors (Lipinski definition) is 4. The second-order valence-electron chi connectivity index (χ2n) is 6.11. The van der Waals surface area contributed by atoms with Gasteiger partial charge in [0.05, 0.1) is 32.9 Å². The number of quaternary nitrogens is 1. The molecule has 1 unspecified atom stereocenters. The number of amides is 1. The summed E-state index contributed by atoms with van der Waals surface area (Å²) in [4.78, 5) is 13.5. The standard InChI is InChI=1S/C20H23N3O3/c1-14(20(24)22-17-8-5-15(12-21)6-9-17)23(2)13-16-7-10-18(25-3)19(11-16)26-4/h5-11,14H,13H2,1-4H3,(H,22,24)/p+1/t14-/m1/s1. The highest BCUT2D eigenvalue weighted by Gasteiger charge is 2.22. The van der Waals surface area contributed by atoms with Crippen LogP contribution in [-0.4, -0.2) is 33.2 Å². The van der Waals surface area contributed by atoms with E-state index < -0.39 is 0 Å². The van der Waals surface area contributed by atoms with Crippen LogP contribution in [0, 0.1) is 11.3 Å². The summed E-state index contributed by atoms with van der Waals surface area (Å²) in [5.41, 5.74) is 2.30. The lowest BCUT2D eigenvalue weighted by Crippen LogP contribution is -3.12. The number of carbonyl (C=O) groups is 1. The van der Waals surface area contributed by atoms with Crippen LogP contribution in [0.3, 0.4) is 0 Å². The maximum absolute atomic E-state index is 12.5. The van der Waals surface area contributed by atoms with Gasteiger partial charge in [-0.1, -0.05) is 0 Å². The molecule has 0 fully saturated rings. The van der Waals surface area contributed by atoms with Crippen LogP contribution in [0.2, 0.25) is 0 Å². The second kappa shape index (κ2) is 8.88. The Hall–Kier alpha value is -3.04. The van der Waals surface area contributed by atoms with Crippen molar-refractivity contribution in [1.82, 2.24) is 0 Å². The maximum Gasteiger partial charge on any atom is 0.282 e. The molecule has 0 aliphatic rings. The molecular formula is C20H24N3O3+. The lowest BCUT2D eigenvalue weighted by atomic mass is 10.1. The Morgan fingerprint density at radius 3 is 2.38 bits per heavy atom. The van der Waals surface area contributed by atoms with E-state index in [-0.39, 0.29) is 11.9 Å². The number of rotatable bonds is 7. The minimum absolute atomic E-state index is 0.0762. The third kappa shape index (κ3) is 4.74. The fraction of sp³-hybridized carbons (Fsp3) is 0.300. The molecule has 0 saturated heterocycles.